The molecule has 30 heavy (non-hydrogen) atoms. The lowest BCUT2D eigenvalue weighted by Gasteiger charge is -2.26. The van der Waals surface area contributed by atoms with E-state index in [4.69, 9.17) is 9.47 Å². The van der Waals surface area contributed by atoms with Gasteiger partial charge in [0.15, 0.2) is 17.0 Å². The second-order valence-electron chi connectivity index (χ2n) is 7.45. The lowest BCUT2D eigenvalue weighted by Crippen LogP contribution is -2.54. The summed E-state index contributed by atoms with van der Waals surface area (Å²) in [5.74, 6) is 0.0387. The predicted molar refractivity (Wildman–Crippen MR) is 115 cm³/mol. The van der Waals surface area contributed by atoms with Crippen LogP contribution in [0.15, 0.2) is 40.9 Å². The Kier molecular flexibility index (Phi) is 5.19. The number of hydrogen-bond donors (Lipinski definition) is 2. The van der Waals surface area contributed by atoms with E-state index in [9.17, 15) is 14.9 Å². The Bertz CT molecular complexity index is 1030. The quantitative estimate of drug-likeness (QED) is 0.507. The van der Waals surface area contributed by atoms with Crippen molar-refractivity contribution in [2.75, 3.05) is 19.0 Å². The van der Waals surface area contributed by atoms with E-state index in [0.717, 1.165) is 0 Å². The molecule has 8 nitrogen and oxygen atoms in total. The molecule has 0 radical (unpaired) electrons. The van der Waals surface area contributed by atoms with E-state index in [1.165, 1.54) is 7.11 Å². The molecule has 2 aliphatic heterocycles. The molecule has 0 saturated carbocycles. The van der Waals surface area contributed by atoms with Gasteiger partial charge in [-0.2, -0.15) is 0 Å². The van der Waals surface area contributed by atoms with Crippen molar-refractivity contribution >= 4 is 27.5 Å². The number of para-hydroxylation sites is 1. The molecule has 1 amide bonds. The number of anilines is 1. The van der Waals surface area contributed by atoms with E-state index in [-0.39, 0.29) is 11.0 Å². The summed E-state index contributed by atoms with van der Waals surface area (Å²) < 4.78 is 11.7. The van der Waals surface area contributed by atoms with Gasteiger partial charge in [0.25, 0.3) is 11.9 Å². The highest BCUT2D eigenvalue weighted by Crippen LogP contribution is 2.51. The molecule has 2 aliphatic rings. The van der Waals surface area contributed by atoms with Crippen LogP contribution in [-0.4, -0.2) is 36.6 Å². The molecule has 0 aliphatic carbocycles. The van der Waals surface area contributed by atoms with Crippen LogP contribution in [-0.2, 0) is 10.3 Å². The normalized spacial score (nSPS) is 27.1. The number of benzene rings is 2. The van der Waals surface area contributed by atoms with E-state index in [1.54, 1.807) is 36.4 Å². The fourth-order valence-corrected chi connectivity index (χ4v) is 5.34. The molecule has 1 fully saturated rings. The van der Waals surface area contributed by atoms with Crippen LogP contribution in [0.2, 0.25) is 0 Å². The first kappa shape index (κ1) is 20.6. The Hall–Kier alpha value is -2.65. The third kappa shape index (κ3) is 2.87. The SMILES string of the molecule is CCOc1cc(Br)c([C@@H]2[C@H](C)N[C@]3(C(=O)Nc4ccccc43)[C@@H]2[N+](=O)[O-])cc1OC. The summed E-state index contributed by atoms with van der Waals surface area (Å²) in [6.07, 6.45) is 0. The number of hydrogen-bond acceptors (Lipinski definition) is 6. The Balaban J connectivity index is 1.89. The number of rotatable bonds is 5. The Morgan fingerprint density at radius 1 is 1.27 bits per heavy atom. The second-order valence-corrected chi connectivity index (χ2v) is 8.31. The molecule has 0 unspecified atom stereocenters. The van der Waals surface area contributed by atoms with Crippen LogP contribution in [0.5, 0.6) is 11.5 Å². The summed E-state index contributed by atoms with van der Waals surface area (Å²) >= 11 is 3.55. The molecule has 2 N–H and O–H groups in total. The molecule has 0 aromatic heterocycles. The van der Waals surface area contributed by atoms with E-state index >= 15 is 0 Å². The molecular formula is C21H22BrN3O5. The first-order chi connectivity index (χ1) is 14.3. The average Bonchev–Trinajstić information content (AvgIpc) is 3.17. The fourth-order valence-electron chi connectivity index (χ4n) is 4.76. The maximum absolute atomic E-state index is 13.1. The highest BCUT2D eigenvalue weighted by molar-refractivity contribution is 9.10. The van der Waals surface area contributed by atoms with Crippen molar-refractivity contribution in [1.82, 2.24) is 5.32 Å². The summed E-state index contributed by atoms with van der Waals surface area (Å²) in [4.78, 5) is 25.2. The summed E-state index contributed by atoms with van der Waals surface area (Å²) in [5.41, 5.74) is 0.430. The number of nitro groups is 1. The van der Waals surface area contributed by atoms with Gasteiger partial charge in [0.2, 0.25) is 0 Å². The van der Waals surface area contributed by atoms with Crippen molar-refractivity contribution in [1.29, 1.82) is 0 Å². The number of methoxy groups -OCH3 is 1. The topological polar surface area (TPSA) is 103 Å². The minimum Gasteiger partial charge on any atom is -0.493 e. The van der Waals surface area contributed by atoms with E-state index in [1.807, 2.05) is 13.8 Å². The zero-order valence-electron chi connectivity index (χ0n) is 16.8. The van der Waals surface area contributed by atoms with Gasteiger partial charge in [0.1, 0.15) is 0 Å². The van der Waals surface area contributed by atoms with Gasteiger partial charge in [0.05, 0.1) is 19.6 Å². The second kappa shape index (κ2) is 7.55. The molecule has 1 spiro atoms. The first-order valence-electron chi connectivity index (χ1n) is 9.67. The Labute approximate surface area is 182 Å². The number of halogens is 1. The smallest absolute Gasteiger partial charge is 0.256 e. The fraction of sp³-hybridized carbons (Fsp3) is 0.381. The van der Waals surface area contributed by atoms with Gasteiger partial charge in [-0.25, -0.2) is 0 Å². The van der Waals surface area contributed by atoms with E-state index in [0.29, 0.717) is 39.4 Å². The lowest BCUT2D eigenvalue weighted by molar-refractivity contribution is -0.532. The van der Waals surface area contributed by atoms with Gasteiger partial charge in [-0.1, -0.05) is 34.1 Å². The average molecular weight is 476 g/mol. The predicted octanol–water partition coefficient (Wildman–Crippen LogP) is 3.42. The van der Waals surface area contributed by atoms with Crippen molar-refractivity contribution in [3.8, 4) is 11.5 Å². The molecule has 158 valence electrons. The van der Waals surface area contributed by atoms with Crippen LogP contribution in [0.3, 0.4) is 0 Å². The Morgan fingerprint density at radius 2 is 2.00 bits per heavy atom. The number of amides is 1. The van der Waals surface area contributed by atoms with Crippen LogP contribution in [0.4, 0.5) is 5.69 Å². The standard InChI is InChI=1S/C21H22BrN3O5/c1-4-30-17-10-14(22)12(9-16(17)29-3)18-11(2)24-21(19(18)25(27)28)13-7-5-6-8-15(13)23-20(21)26/h5-11,18-19,24H,4H2,1-3H3,(H,23,26)/t11-,18-,19+,21-/m0/s1. The molecule has 2 aromatic carbocycles. The van der Waals surface area contributed by atoms with Gasteiger partial charge >= 0.3 is 0 Å². The molecule has 2 aromatic rings. The molecule has 9 heteroatoms. The minimum atomic E-state index is -1.45. The molecule has 2 heterocycles. The van der Waals surface area contributed by atoms with Crippen LogP contribution in [0, 0.1) is 10.1 Å². The number of carbonyl (C=O) groups is 1. The molecule has 0 bridgehead atoms. The number of nitrogens with one attached hydrogen (secondary N) is 2. The maximum Gasteiger partial charge on any atom is 0.256 e. The van der Waals surface area contributed by atoms with E-state index in [2.05, 4.69) is 26.6 Å². The molecule has 1 saturated heterocycles. The van der Waals surface area contributed by atoms with Crippen molar-refractivity contribution in [2.24, 2.45) is 0 Å². The van der Waals surface area contributed by atoms with Crippen molar-refractivity contribution in [2.45, 2.75) is 37.4 Å². The summed E-state index contributed by atoms with van der Waals surface area (Å²) in [6, 6.07) is 9.05. The van der Waals surface area contributed by atoms with E-state index < -0.39 is 23.4 Å². The van der Waals surface area contributed by atoms with Crippen LogP contribution in [0.1, 0.15) is 30.9 Å². The zero-order chi connectivity index (χ0) is 21.6. The maximum atomic E-state index is 13.1. The monoisotopic (exact) mass is 475 g/mol. The first-order valence-corrected chi connectivity index (χ1v) is 10.5. The number of nitrogens with zero attached hydrogens (tertiary/aromatic N) is 1. The molecule has 4 atom stereocenters. The third-order valence-electron chi connectivity index (χ3n) is 5.91. The van der Waals surface area contributed by atoms with Gasteiger partial charge in [-0.3, -0.25) is 20.2 Å². The van der Waals surface area contributed by atoms with Gasteiger partial charge in [-0.15, -0.1) is 0 Å². The van der Waals surface area contributed by atoms with Crippen LogP contribution >= 0.6 is 15.9 Å². The highest BCUT2D eigenvalue weighted by Gasteiger charge is 2.67. The Morgan fingerprint density at radius 3 is 2.67 bits per heavy atom. The number of carbonyl (C=O) groups excluding carboxylic acids is 1. The highest BCUT2D eigenvalue weighted by atomic mass is 79.9. The molecule has 4 rings (SSSR count). The zero-order valence-corrected chi connectivity index (χ0v) is 18.4. The van der Waals surface area contributed by atoms with Crippen molar-refractivity contribution < 1.29 is 19.2 Å². The van der Waals surface area contributed by atoms with Crippen LogP contribution in [0.25, 0.3) is 0 Å². The van der Waals surface area contributed by atoms with Gasteiger partial charge < -0.3 is 14.8 Å². The van der Waals surface area contributed by atoms with Crippen molar-refractivity contribution in [3.05, 3.63) is 62.1 Å². The molecular weight excluding hydrogens is 454 g/mol. The van der Waals surface area contributed by atoms with Gasteiger partial charge in [-0.05, 0) is 37.6 Å². The third-order valence-corrected chi connectivity index (χ3v) is 6.59. The van der Waals surface area contributed by atoms with Crippen LogP contribution < -0.4 is 20.1 Å². The number of ether oxygens (including phenoxy) is 2. The largest absolute Gasteiger partial charge is 0.493 e. The summed E-state index contributed by atoms with van der Waals surface area (Å²) in [7, 11) is 1.53. The number of fused-ring (bicyclic) bond motifs is 2. The lowest BCUT2D eigenvalue weighted by atomic mass is 9.78. The summed E-state index contributed by atoms with van der Waals surface area (Å²) in [5, 5.41) is 18.5. The summed E-state index contributed by atoms with van der Waals surface area (Å²) in [6.45, 7) is 4.19. The minimum absolute atomic E-state index is 0.349. The van der Waals surface area contributed by atoms with Gasteiger partial charge in [0, 0.05) is 26.7 Å². The van der Waals surface area contributed by atoms with Crippen molar-refractivity contribution in [3.63, 3.8) is 0 Å².